The number of thioether (sulfide) groups is 1. The van der Waals surface area contributed by atoms with Gasteiger partial charge in [0.2, 0.25) is 5.91 Å². The zero-order valence-electron chi connectivity index (χ0n) is 24.7. The molecule has 0 radical (unpaired) electrons. The lowest BCUT2D eigenvalue weighted by molar-refractivity contribution is -0.114. The van der Waals surface area contributed by atoms with Crippen LogP contribution in [-0.2, 0) is 9.59 Å². The van der Waals surface area contributed by atoms with Crippen molar-refractivity contribution in [2.45, 2.75) is 11.8 Å². The number of thiazole rings is 1. The number of amides is 3. The Morgan fingerprint density at radius 2 is 1.69 bits per heavy atom. The van der Waals surface area contributed by atoms with Crippen LogP contribution < -0.4 is 25.4 Å². The number of hydrogen-bond donors (Lipinski definition) is 3. The highest BCUT2D eigenvalue weighted by atomic mass is 32.2. The molecule has 0 saturated heterocycles. The predicted octanol–water partition coefficient (Wildman–Crippen LogP) is 6.76. The molecule has 228 valence electrons. The summed E-state index contributed by atoms with van der Waals surface area (Å²) in [5.74, 6) is -0.136. The van der Waals surface area contributed by atoms with Gasteiger partial charge >= 0.3 is 0 Å². The van der Waals surface area contributed by atoms with Gasteiger partial charge in [-0.15, -0.1) is 11.8 Å². The lowest BCUT2D eigenvalue weighted by Gasteiger charge is -2.14. The van der Waals surface area contributed by atoms with E-state index >= 15 is 0 Å². The van der Waals surface area contributed by atoms with Crippen LogP contribution in [0, 0.1) is 6.92 Å². The highest BCUT2D eigenvalue weighted by molar-refractivity contribution is 8.00. The number of carbonyl (C=O) groups excluding carboxylic acids is 3. The summed E-state index contributed by atoms with van der Waals surface area (Å²) in [6, 6.07) is 26.9. The Bertz CT molecular complexity index is 1890. The Balaban J connectivity index is 1.30. The van der Waals surface area contributed by atoms with Crippen LogP contribution in [0.5, 0.6) is 11.5 Å². The number of benzene rings is 4. The molecule has 1 heterocycles. The molecular formula is C34H30N4O5S2. The molecule has 0 fully saturated rings. The summed E-state index contributed by atoms with van der Waals surface area (Å²) in [4.78, 5) is 44.5. The third-order valence-electron chi connectivity index (χ3n) is 6.51. The van der Waals surface area contributed by atoms with Gasteiger partial charge in [0.05, 0.1) is 30.2 Å². The van der Waals surface area contributed by atoms with Gasteiger partial charge in [0.25, 0.3) is 11.8 Å². The molecule has 1 aromatic heterocycles. The van der Waals surface area contributed by atoms with Gasteiger partial charge < -0.3 is 25.4 Å². The molecule has 0 unspecified atom stereocenters. The van der Waals surface area contributed by atoms with Gasteiger partial charge in [-0.25, -0.2) is 4.98 Å². The summed E-state index contributed by atoms with van der Waals surface area (Å²) in [5.41, 5.74) is 3.40. The Kier molecular flexibility index (Phi) is 10.1. The van der Waals surface area contributed by atoms with Gasteiger partial charge in [-0.05, 0) is 67.1 Å². The van der Waals surface area contributed by atoms with Crippen molar-refractivity contribution >= 4 is 67.9 Å². The van der Waals surface area contributed by atoms with Crippen molar-refractivity contribution in [3.8, 4) is 11.5 Å². The predicted molar refractivity (Wildman–Crippen MR) is 180 cm³/mol. The van der Waals surface area contributed by atoms with Gasteiger partial charge in [0.15, 0.2) is 16.6 Å². The first-order valence-corrected chi connectivity index (χ1v) is 15.6. The van der Waals surface area contributed by atoms with Crippen molar-refractivity contribution in [3.63, 3.8) is 0 Å². The quantitative estimate of drug-likeness (QED) is 0.108. The maximum absolute atomic E-state index is 13.6. The minimum Gasteiger partial charge on any atom is -0.493 e. The van der Waals surface area contributed by atoms with Gasteiger partial charge in [-0.1, -0.05) is 53.8 Å². The zero-order chi connectivity index (χ0) is 31.8. The van der Waals surface area contributed by atoms with Crippen molar-refractivity contribution in [2.24, 2.45) is 0 Å². The summed E-state index contributed by atoms with van der Waals surface area (Å²) < 4.78 is 11.9. The third kappa shape index (κ3) is 8.08. The number of methoxy groups -OCH3 is 2. The molecule has 5 rings (SSSR count). The number of para-hydroxylation sites is 1. The first kappa shape index (κ1) is 31.3. The Morgan fingerprint density at radius 1 is 0.889 bits per heavy atom. The third-order valence-corrected chi connectivity index (χ3v) is 8.44. The number of aryl methyl sites for hydroxylation is 1. The van der Waals surface area contributed by atoms with E-state index in [1.54, 1.807) is 66.7 Å². The van der Waals surface area contributed by atoms with E-state index in [4.69, 9.17) is 9.47 Å². The minimum atomic E-state index is -0.546. The van der Waals surface area contributed by atoms with E-state index in [1.165, 1.54) is 43.4 Å². The molecule has 0 atom stereocenters. The fourth-order valence-electron chi connectivity index (χ4n) is 4.38. The van der Waals surface area contributed by atoms with Crippen molar-refractivity contribution in [3.05, 3.63) is 113 Å². The number of nitrogens with one attached hydrogen (secondary N) is 3. The second-order valence-corrected chi connectivity index (χ2v) is 11.8. The van der Waals surface area contributed by atoms with Crippen molar-refractivity contribution < 1.29 is 23.9 Å². The number of rotatable bonds is 11. The largest absolute Gasteiger partial charge is 0.493 e. The highest BCUT2D eigenvalue weighted by Gasteiger charge is 2.18. The topological polar surface area (TPSA) is 119 Å². The lowest BCUT2D eigenvalue weighted by Crippen LogP contribution is -2.30. The Labute approximate surface area is 268 Å². The average Bonchev–Trinajstić information content (AvgIpc) is 3.44. The van der Waals surface area contributed by atoms with Gasteiger partial charge in [0, 0.05) is 21.7 Å². The Hall–Kier alpha value is -5.13. The molecule has 0 saturated carbocycles. The number of fused-ring (bicyclic) bond motifs is 1. The molecule has 0 aliphatic heterocycles. The van der Waals surface area contributed by atoms with Crippen molar-refractivity contribution in [2.75, 3.05) is 30.6 Å². The summed E-state index contributed by atoms with van der Waals surface area (Å²) in [7, 11) is 3.02. The van der Waals surface area contributed by atoms with E-state index in [1.807, 2.05) is 31.2 Å². The van der Waals surface area contributed by atoms with Crippen LogP contribution in [0.4, 0.5) is 10.8 Å². The van der Waals surface area contributed by atoms with Crippen LogP contribution in [-0.4, -0.2) is 42.7 Å². The van der Waals surface area contributed by atoms with Crippen LogP contribution in [0.2, 0.25) is 0 Å². The lowest BCUT2D eigenvalue weighted by atomic mass is 10.1. The molecule has 3 N–H and O–H groups in total. The van der Waals surface area contributed by atoms with E-state index in [2.05, 4.69) is 20.9 Å². The molecule has 3 amide bonds. The fraction of sp³-hybridized carbons (Fsp3) is 0.118. The van der Waals surface area contributed by atoms with Crippen LogP contribution >= 0.6 is 23.1 Å². The van der Waals surface area contributed by atoms with Crippen molar-refractivity contribution in [1.29, 1.82) is 0 Å². The molecule has 0 aliphatic carbocycles. The van der Waals surface area contributed by atoms with E-state index in [0.717, 1.165) is 20.7 Å². The van der Waals surface area contributed by atoms with Gasteiger partial charge in [-0.3, -0.25) is 14.4 Å². The van der Waals surface area contributed by atoms with E-state index in [9.17, 15) is 14.4 Å². The number of hydrogen-bond acceptors (Lipinski definition) is 8. The second-order valence-electron chi connectivity index (χ2n) is 9.77. The number of anilines is 2. The standard InChI is InChI=1S/C34H30N4O5S2/c1-21-15-16-26-29(17-21)45-34(37-26)38-30(39)20-44-25-13-8-12-24(19-25)35-33(41)27(36-32(40)22-9-5-4-6-10-22)18-23-11-7-14-28(42-2)31(23)43-3/h4-19H,20H2,1-3H3,(H,35,41)(H,36,40)(H,37,38,39)/b27-18+. The van der Waals surface area contributed by atoms with E-state index in [-0.39, 0.29) is 17.4 Å². The second kappa shape index (κ2) is 14.6. The molecule has 0 spiro atoms. The smallest absolute Gasteiger partial charge is 0.272 e. The first-order chi connectivity index (χ1) is 21.8. The first-order valence-electron chi connectivity index (χ1n) is 13.8. The number of carbonyl (C=O) groups is 3. The molecule has 0 aliphatic rings. The molecule has 9 nitrogen and oxygen atoms in total. The molecule has 0 bridgehead atoms. The molecular weight excluding hydrogens is 609 g/mol. The molecule has 11 heteroatoms. The summed E-state index contributed by atoms with van der Waals surface area (Å²) in [5, 5.41) is 9.00. The summed E-state index contributed by atoms with van der Waals surface area (Å²) >= 11 is 2.76. The van der Waals surface area contributed by atoms with Gasteiger partial charge in [-0.2, -0.15) is 0 Å². The van der Waals surface area contributed by atoms with Crippen LogP contribution in [0.15, 0.2) is 102 Å². The number of aromatic nitrogens is 1. The van der Waals surface area contributed by atoms with Gasteiger partial charge in [0.1, 0.15) is 5.70 Å². The van der Waals surface area contributed by atoms with Crippen LogP contribution in [0.1, 0.15) is 21.5 Å². The minimum absolute atomic E-state index is 0.00105. The SMILES string of the molecule is COc1cccc(/C=C(/NC(=O)c2ccccc2)C(=O)Nc2cccc(SCC(=O)Nc3nc4ccc(C)cc4s3)c2)c1OC. The number of ether oxygens (including phenoxy) is 2. The van der Waals surface area contributed by atoms with Crippen molar-refractivity contribution in [1.82, 2.24) is 10.3 Å². The van der Waals surface area contributed by atoms with Crippen LogP contribution in [0.25, 0.3) is 16.3 Å². The fourth-order valence-corrected chi connectivity index (χ4v) is 6.11. The summed E-state index contributed by atoms with van der Waals surface area (Å²) in [6.07, 6.45) is 1.53. The molecule has 5 aromatic rings. The average molecular weight is 639 g/mol. The molecule has 4 aromatic carbocycles. The van der Waals surface area contributed by atoms with E-state index < -0.39 is 11.8 Å². The zero-order valence-corrected chi connectivity index (χ0v) is 26.4. The maximum Gasteiger partial charge on any atom is 0.272 e. The maximum atomic E-state index is 13.6. The Morgan fingerprint density at radius 3 is 2.47 bits per heavy atom. The van der Waals surface area contributed by atoms with E-state index in [0.29, 0.717) is 33.4 Å². The molecule has 45 heavy (non-hydrogen) atoms. The summed E-state index contributed by atoms with van der Waals surface area (Å²) in [6.45, 7) is 2.01. The number of nitrogens with zero attached hydrogens (tertiary/aromatic N) is 1. The highest BCUT2D eigenvalue weighted by Crippen LogP contribution is 2.32. The van der Waals surface area contributed by atoms with Crippen LogP contribution in [0.3, 0.4) is 0 Å². The monoisotopic (exact) mass is 638 g/mol. The normalized spacial score (nSPS) is 11.1.